The zero-order valence-corrected chi connectivity index (χ0v) is 21.7. The van der Waals surface area contributed by atoms with E-state index in [1.807, 2.05) is 0 Å². The number of hydrogen-bond donors (Lipinski definition) is 4. The largest absolute Gasteiger partial charge is 0.465 e. The van der Waals surface area contributed by atoms with Gasteiger partial charge in [-0.05, 0) is 56.0 Å². The van der Waals surface area contributed by atoms with Crippen LogP contribution in [0.3, 0.4) is 0 Å². The van der Waals surface area contributed by atoms with Crippen molar-refractivity contribution < 1.29 is 24.2 Å². The van der Waals surface area contributed by atoms with Crippen molar-refractivity contribution in [2.45, 2.75) is 51.7 Å². The third-order valence-electron chi connectivity index (χ3n) is 4.94. The summed E-state index contributed by atoms with van der Waals surface area (Å²) in [7, 11) is 1.78. The molecule has 0 radical (unpaired) electrons. The molecule has 12 nitrogen and oxygen atoms in total. The van der Waals surface area contributed by atoms with E-state index in [0.29, 0.717) is 34.9 Å². The lowest BCUT2D eigenvalue weighted by Gasteiger charge is -2.24. The Kier molecular flexibility index (Phi) is 8.02. The van der Waals surface area contributed by atoms with Gasteiger partial charge in [0, 0.05) is 26.2 Å². The number of aryl methyl sites for hydroxylation is 1. The number of nitrogens with one attached hydrogen (secondary N) is 3. The minimum absolute atomic E-state index is 0.0409. The van der Waals surface area contributed by atoms with Crippen LogP contribution >= 0.6 is 27.3 Å². The second kappa shape index (κ2) is 10.6. The fourth-order valence-corrected chi connectivity index (χ4v) is 4.97. The van der Waals surface area contributed by atoms with Crippen molar-refractivity contribution in [3.63, 3.8) is 0 Å². The summed E-state index contributed by atoms with van der Waals surface area (Å²) in [5.41, 5.74) is -0.158. The highest BCUT2D eigenvalue weighted by atomic mass is 79.9. The van der Waals surface area contributed by atoms with Gasteiger partial charge < -0.3 is 25.4 Å². The highest BCUT2D eigenvalue weighted by molar-refractivity contribution is 9.11. The minimum Gasteiger partial charge on any atom is -0.465 e. The quantitative estimate of drug-likeness (QED) is 0.432. The number of carboxylic acid groups (broad SMARTS) is 1. The molecule has 4 N–H and O–H groups in total. The molecule has 0 saturated carbocycles. The molecular formula is C20H28BrN7O5S. The van der Waals surface area contributed by atoms with Gasteiger partial charge in [-0.15, -0.1) is 0 Å². The molecule has 0 spiro atoms. The molecule has 3 heterocycles. The number of carbonyl (C=O) groups is 3. The Labute approximate surface area is 209 Å². The molecular weight excluding hydrogens is 530 g/mol. The van der Waals surface area contributed by atoms with Crippen molar-refractivity contribution in [1.29, 1.82) is 0 Å². The van der Waals surface area contributed by atoms with Crippen LogP contribution in [0.1, 0.15) is 50.5 Å². The summed E-state index contributed by atoms with van der Waals surface area (Å²) >= 11 is 4.36. The molecule has 1 aliphatic heterocycles. The summed E-state index contributed by atoms with van der Waals surface area (Å²) in [6, 6.07) is -0.123. The smallest absolute Gasteiger partial charge is 0.412 e. The number of ether oxygens (including phenoxy) is 1. The Hall–Kier alpha value is -2.87. The van der Waals surface area contributed by atoms with Gasteiger partial charge in [0.15, 0.2) is 15.4 Å². The molecule has 3 amide bonds. The van der Waals surface area contributed by atoms with Crippen LogP contribution in [0.25, 0.3) is 0 Å². The van der Waals surface area contributed by atoms with E-state index in [1.54, 1.807) is 38.7 Å². The summed E-state index contributed by atoms with van der Waals surface area (Å²) in [5.74, 6) is 0.197. The first-order chi connectivity index (χ1) is 15.9. The van der Waals surface area contributed by atoms with Gasteiger partial charge in [-0.3, -0.25) is 14.8 Å². The monoisotopic (exact) mass is 557 g/mol. The number of halogens is 1. The Bertz CT molecular complexity index is 1060. The highest BCUT2D eigenvalue weighted by Gasteiger charge is 2.26. The Morgan fingerprint density at radius 2 is 1.97 bits per heavy atom. The second-order valence-electron chi connectivity index (χ2n) is 8.80. The molecule has 1 fully saturated rings. The lowest BCUT2D eigenvalue weighted by atomic mass is 10.1. The van der Waals surface area contributed by atoms with Crippen molar-refractivity contribution in [1.82, 2.24) is 20.1 Å². The zero-order valence-electron chi connectivity index (χ0n) is 19.3. The number of nitrogens with zero attached hydrogens (tertiary/aromatic N) is 4. The predicted molar refractivity (Wildman–Crippen MR) is 132 cm³/mol. The van der Waals surface area contributed by atoms with Crippen molar-refractivity contribution in [2.75, 3.05) is 28.6 Å². The Morgan fingerprint density at radius 1 is 1.24 bits per heavy atom. The van der Waals surface area contributed by atoms with Crippen LogP contribution in [0.5, 0.6) is 0 Å². The molecule has 14 heteroatoms. The maximum absolute atomic E-state index is 13.1. The third kappa shape index (κ3) is 6.82. The Balaban J connectivity index is 1.75. The molecule has 2 aromatic heterocycles. The molecule has 1 atom stereocenters. The number of thiazole rings is 1. The molecule has 3 rings (SSSR count). The first-order valence-electron chi connectivity index (χ1n) is 10.7. The lowest BCUT2D eigenvalue weighted by Crippen LogP contribution is -2.35. The number of hydrogen-bond acceptors (Lipinski definition) is 8. The molecule has 0 bridgehead atoms. The molecule has 34 heavy (non-hydrogen) atoms. The standard InChI is InChI=1S/C20H28BrN7O5S/c1-20(2,3)33-19(32)26-15-13(25-17(21)34-15)14(29)24-12-10-22-27(4)16(12)28-8-5-6-11(7-9-28)23-18(30)31/h10-11,23H,5-9H2,1-4H3,(H,24,29)(H,26,32)(H,30,31)/t11-/m1/s1. The van der Waals surface area contributed by atoms with E-state index in [1.165, 1.54) is 0 Å². The van der Waals surface area contributed by atoms with E-state index < -0.39 is 23.7 Å². The lowest BCUT2D eigenvalue weighted by molar-refractivity contribution is 0.0636. The van der Waals surface area contributed by atoms with Crippen LogP contribution in [-0.2, 0) is 11.8 Å². The normalized spacial score (nSPS) is 16.5. The van der Waals surface area contributed by atoms with Gasteiger partial charge in [-0.2, -0.15) is 5.10 Å². The molecule has 1 aliphatic rings. The van der Waals surface area contributed by atoms with Gasteiger partial charge in [0.2, 0.25) is 0 Å². The zero-order chi connectivity index (χ0) is 25.0. The molecule has 186 valence electrons. The number of amides is 3. The van der Waals surface area contributed by atoms with Crippen molar-refractivity contribution in [3.05, 3.63) is 15.8 Å². The summed E-state index contributed by atoms with van der Waals surface area (Å²) in [6.07, 6.45) is 1.98. The average Bonchev–Trinajstić information content (AvgIpc) is 3.15. The van der Waals surface area contributed by atoms with E-state index >= 15 is 0 Å². The fraction of sp³-hybridized carbons (Fsp3) is 0.550. The first kappa shape index (κ1) is 25.7. The molecule has 2 aromatic rings. The topological polar surface area (TPSA) is 151 Å². The van der Waals surface area contributed by atoms with Crippen LogP contribution in [-0.4, -0.2) is 62.7 Å². The summed E-state index contributed by atoms with van der Waals surface area (Å²) in [5, 5.41) is 21.5. The van der Waals surface area contributed by atoms with Crippen molar-refractivity contribution >= 4 is 61.9 Å². The maximum Gasteiger partial charge on any atom is 0.412 e. The average molecular weight is 558 g/mol. The summed E-state index contributed by atoms with van der Waals surface area (Å²) in [6.45, 7) is 6.52. The second-order valence-corrected chi connectivity index (χ2v) is 11.1. The minimum atomic E-state index is -1.03. The van der Waals surface area contributed by atoms with E-state index in [-0.39, 0.29) is 16.7 Å². The summed E-state index contributed by atoms with van der Waals surface area (Å²) < 4.78 is 7.36. The van der Waals surface area contributed by atoms with Gasteiger partial charge in [0.25, 0.3) is 5.91 Å². The van der Waals surface area contributed by atoms with Gasteiger partial charge in [0.1, 0.15) is 16.3 Å². The Morgan fingerprint density at radius 3 is 2.65 bits per heavy atom. The highest BCUT2D eigenvalue weighted by Crippen LogP contribution is 2.32. The predicted octanol–water partition coefficient (Wildman–Crippen LogP) is 3.86. The number of carbonyl (C=O) groups excluding carboxylic acids is 2. The number of rotatable bonds is 5. The number of anilines is 3. The van der Waals surface area contributed by atoms with Crippen LogP contribution < -0.4 is 20.9 Å². The molecule has 1 saturated heterocycles. The number of aromatic nitrogens is 3. The van der Waals surface area contributed by atoms with Crippen molar-refractivity contribution in [3.8, 4) is 0 Å². The van der Waals surface area contributed by atoms with Crippen LogP contribution in [0, 0.1) is 0 Å². The van der Waals surface area contributed by atoms with Gasteiger partial charge in [0.05, 0.1) is 6.20 Å². The van der Waals surface area contributed by atoms with Crippen LogP contribution in [0.15, 0.2) is 10.1 Å². The van der Waals surface area contributed by atoms with E-state index in [9.17, 15) is 14.4 Å². The molecule has 0 unspecified atom stereocenters. The molecule has 0 aromatic carbocycles. The van der Waals surface area contributed by atoms with Crippen molar-refractivity contribution in [2.24, 2.45) is 7.05 Å². The molecule has 0 aliphatic carbocycles. The van der Waals surface area contributed by atoms with E-state index in [2.05, 4.69) is 46.9 Å². The van der Waals surface area contributed by atoms with Crippen LogP contribution in [0.4, 0.5) is 26.1 Å². The summed E-state index contributed by atoms with van der Waals surface area (Å²) in [4.78, 5) is 42.6. The third-order valence-corrected chi connectivity index (χ3v) is 6.36. The van der Waals surface area contributed by atoms with Crippen LogP contribution in [0.2, 0.25) is 0 Å². The van der Waals surface area contributed by atoms with Gasteiger partial charge >= 0.3 is 12.2 Å². The van der Waals surface area contributed by atoms with E-state index in [4.69, 9.17) is 9.84 Å². The maximum atomic E-state index is 13.1. The van der Waals surface area contributed by atoms with Gasteiger partial charge in [-0.1, -0.05) is 11.3 Å². The van der Waals surface area contributed by atoms with Gasteiger partial charge in [-0.25, -0.2) is 14.6 Å². The van der Waals surface area contributed by atoms with E-state index in [0.717, 1.165) is 24.2 Å². The fourth-order valence-electron chi connectivity index (χ4n) is 3.63. The first-order valence-corrected chi connectivity index (χ1v) is 12.3. The SMILES string of the molecule is Cn1ncc(NC(=O)c2nc(Br)sc2NC(=O)OC(C)(C)C)c1N1CCC[C@@H](NC(=O)O)CC1.